The molecule has 5 nitrogen and oxygen atoms in total. The second-order valence-electron chi connectivity index (χ2n) is 9.02. The van der Waals surface area contributed by atoms with E-state index in [9.17, 15) is 13.2 Å². The zero-order chi connectivity index (χ0) is 24.3. The van der Waals surface area contributed by atoms with E-state index in [-0.39, 0.29) is 23.6 Å². The summed E-state index contributed by atoms with van der Waals surface area (Å²) in [6.45, 7) is 8.40. The Labute approximate surface area is 201 Å². The molecule has 1 aromatic carbocycles. The monoisotopic (exact) mass is 486 g/mol. The fraction of sp³-hybridized carbons (Fsp3) is 0.385. The van der Waals surface area contributed by atoms with E-state index >= 15 is 0 Å². The van der Waals surface area contributed by atoms with E-state index in [0.717, 1.165) is 34.4 Å². The first-order valence-corrected chi connectivity index (χ1v) is 13.1. The lowest BCUT2D eigenvalue weighted by Crippen LogP contribution is -2.17. The molecule has 0 radical (unpaired) electrons. The smallest absolute Gasteiger partial charge is 0.228 e. The molecule has 33 heavy (non-hydrogen) atoms. The maximum atomic E-state index is 13.4. The Hall–Kier alpha value is -2.28. The summed E-state index contributed by atoms with van der Waals surface area (Å²) >= 11 is 5.56. The SMILES string of the molecule is Cc1ccc(-c2c(CS(=O)(=O)C3=CCC(C(=O)Cl)C=C3)c(C)nc(CC(C)C)c2CN)cc1. The molecule has 1 aliphatic carbocycles. The highest BCUT2D eigenvalue weighted by atomic mass is 35.5. The van der Waals surface area contributed by atoms with Gasteiger partial charge in [-0.15, -0.1) is 0 Å². The number of carbonyl (C=O) groups excluding carboxylic acids is 1. The van der Waals surface area contributed by atoms with Crippen LogP contribution in [0.1, 0.15) is 48.3 Å². The van der Waals surface area contributed by atoms with E-state index in [1.165, 1.54) is 6.08 Å². The van der Waals surface area contributed by atoms with Crippen molar-refractivity contribution in [2.45, 2.75) is 52.8 Å². The Bertz CT molecular complexity index is 1210. The lowest BCUT2D eigenvalue weighted by atomic mass is 9.90. The number of rotatable bonds is 8. The fourth-order valence-corrected chi connectivity index (χ4v) is 5.84. The summed E-state index contributed by atoms with van der Waals surface area (Å²) in [5, 5.41) is -0.492. The van der Waals surface area contributed by atoms with Crippen molar-refractivity contribution >= 4 is 26.7 Å². The lowest BCUT2D eigenvalue weighted by molar-refractivity contribution is -0.113. The van der Waals surface area contributed by atoms with Crippen molar-refractivity contribution in [3.63, 3.8) is 0 Å². The summed E-state index contributed by atoms with van der Waals surface area (Å²) in [7, 11) is -3.67. The molecule has 0 spiro atoms. The molecule has 1 aliphatic rings. The highest BCUT2D eigenvalue weighted by molar-refractivity contribution is 7.94. The predicted molar refractivity (Wildman–Crippen MR) is 134 cm³/mol. The van der Waals surface area contributed by atoms with Crippen LogP contribution in [0.3, 0.4) is 0 Å². The van der Waals surface area contributed by atoms with Crippen LogP contribution in [0.5, 0.6) is 0 Å². The van der Waals surface area contributed by atoms with E-state index in [0.29, 0.717) is 17.2 Å². The molecule has 2 aromatic rings. The molecular formula is C26H31ClN2O3S. The van der Waals surface area contributed by atoms with Crippen LogP contribution in [0.2, 0.25) is 0 Å². The average Bonchev–Trinajstić information content (AvgIpc) is 2.75. The highest BCUT2D eigenvalue weighted by Crippen LogP contribution is 2.35. The van der Waals surface area contributed by atoms with Gasteiger partial charge in [0, 0.05) is 17.9 Å². The molecule has 0 amide bonds. The van der Waals surface area contributed by atoms with E-state index < -0.39 is 21.0 Å². The molecule has 0 fully saturated rings. The maximum Gasteiger partial charge on any atom is 0.228 e. The van der Waals surface area contributed by atoms with E-state index in [1.807, 2.05) is 38.1 Å². The number of nitrogens with zero attached hydrogens (tertiary/aromatic N) is 1. The predicted octanol–water partition coefficient (Wildman–Crippen LogP) is 5.16. The molecule has 0 bridgehead atoms. The van der Waals surface area contributed by atoms with Crippen molar-refractivity contribution in [3.05, 3.63) is 75.5 Å². The van der Waals surface area contributed by atoms with Gasteiger partial charge >= 0.3 is 0 Å². The number of sulfone groups is 1. The number of halogens is 1. The minimum absolute atomic E-state index is 0.195. The molecule has 0 aliphatic heterocycles. The fourth-order valence-electron chi connectivity index (χ4n) is 4.14. The molecule has 0 saturated heterocycles. The molecule has 0 saturated carbocycles. The largest absolute Gasteiger partial charge is 0.326 e. The molecular weight excluding hydrogens is 456 g/mol. The number of aryl methyl sites for hydroxylation is 2. The summed E-state index contributed by atoms with van der Waals surface area (Å²) in [6, 6.07) is 8.05. The third kappa shape index (κ3) is 5.81. The number of benzene rings is 1. The molecule has 1 aromatic heterocycles. The van der Waals surface area contributed by atoms with Crippen molar-refractivity contribution in [2.75, 3.05) is 0 Å². The van der Waals surface area contributed by atoms with Gasteiger partial charge in [-0.05, 0) is 72.5 Å². The number of hydrogen-bond acceptors (Lipinski definition) is 5. The molecule has 1 heterocycles. The normalized spacial score (nSPS) is 16.2. The molecule has 1 atom stereocenters. The first kappa shape index (κ1) is 25.3. The van der Waals surface area contributed by atoms with Gasteiger partial charge in [0.1, 0.15) is 0 Å². The maximum absolute atomic E-state index is 13.4. The van der Waals surface area contributed by atoms with Crippen LogP contribution in [0, 0.1) is 25.7 Å². The van der Waals surface area contributed by atoms with Gasteiger partial charge in [0.25, 0.3) is 0 Å². The Morgan fingerprint density at radius 1 is 1.18 bits per heavy atom. The van der Waals surface area contributed by atoms with Gasteiger partial charge < -0.3 is 5.73 Å². The van der Waals surface area contributed by atoms with Crippen LogP contribution in [0.15, 0.2) is 47.4 Å². The molecule has 3 rings (SSSR count). The van der Waals surface area contributed by atoms with E-state index in [4.69, 9.17) is 22.3 Å². The number of nitrogens with two attached hydrogens (primary N) is 1. The summed E-state index contributed by atoms with van der Waals surface area (Å²) in [5.74, 6) is -0.297. The second kappa shape index (κ2) is 10.3. The van der Waals surface area contributed by atoms with Gasteiger partial charge in [0.05, 0.1) is 16.6 Å². The van der Waals surface area contributed by atoms with Crippen molar-refractivity contribution in [1.29, 1.82) is 0 Å². The number of pyridine rings is 1. The minimum atomic E-state index is -3.67. The minimum Gasteiger partial charge on any atom is -0.326 e. The Morgan fingerprint density at radius 3 is 2.36 bits per heavy atom. The van der Waals surface area contributed by atoms with E-state index in [2.05, 4.69) is 13.8 Å². The van der Waals surface area contributed by atoms with Crippen LogP contribution in [0.4, 0.5) is 0 Å². The van der Waals surface area contributed by atoms with Crippen molar-refractivity contribution in [1.82, 2.24) is 4.98 Å². The molecule has 1 unspecified atom stereocenters. The van der Waals surface area contributed by atoms with Gasteiger partial charge in [0.15, 0.2) is 9.84 Å². The van der Waals surface area contributed by atoms with Crippen LogP contribution < -0.4 is 5.73 Å². The molecule has 2 N–H and O–H groups in total. The van der Waals surface area contributed by atoms with Crippen LogP contribution in [0.25, 0.3) is 11.1 Å². The van der Waals surface area contributed by atoms with Crippen molar-refractivity contribution in [3.8, 4) is 11.1 Å². The topological polar surface area (TPSA) is 90.1 Å². The Morgan fingerprint density at radius 2 is 1.85 bits per heavy atom. The average molecular weight is 487 g/mol. The number of aromatic nitrogens is 1. The van der Waals surface area contributed by atoms with Gasteiger partial charge in [-0.25, -0.2) is 8.42 Å². The van der Waals surface area contributed by atoms with Crippen molar-refractivity contribution in [2.24, 2.45) is 17.6 Å². The van der Waals surface area contributed by atoms with E-state index in [1.54, 1.807) is 12.2 Å². The summed E-state index contributed by atoms with van der Waals surface area (Å²) in [4.78, 5) is 16.4. The second-order valence-corrected chi connectivity index (χ2v) is 11.4. The quantitative estimate of drug-likeness (QED) is 0.520. The van der Waals surface area contributed by atoms with Gasteiger partial charge in [0.2, 0.25) is 5.24 Å². The van der Waals surface area contributed by atoms with Crippen LogP contribution >= 0.6 is 11.6 Å². The molecule has 176 valence electrons. The first-order chi connectivity index (χ1) is 15.5. The lowest BCUT2D eigenvalue weighted by Gasteiger charge is -2.22. The number of allylic oxidation sites excluding steroid dienone is 3. The summed E-state index contributed by atoms with van der Waals surface area (Å²) in [5.41, 5.74) is 12.3. The third-order valence-corrected chi connectivity index (χ3v) is 7.86. The number of carbonyl (C=O) groups is 1. The zero-order valence-electron chi connectivity index (χ0n) is 19.6. The van der Waals surface area contributed by atoms with Crippen molar-refractivity contribution < 1.29 is 13.2 Å². The van der Waals surface area contributed by atoms with Gasteiger partial charge in [-0.3, -0.25) is 9.78 Å². The van der Waals surface area contributed by atoms with Crippen LogP contribution in [-0.2, 0) is 33.4 Å². The summed E-state index contributed by atoms with van der Waals surface area (Å²) in [6.07, 6.45) is 5.66. The first-order valence-electron chi connectivity index (χ1n) is 11.1. The van der Waals surface area contributed by atoms with Gasteiger partial charge in [-0.1, -0.05) is 55.8 Å². The third-order valence-electron chi connectivity index (χ3n) is 5.89. The number of hydrogen-bond donors (Lipinski definition) is 1. The Kier molecular flexibility index (Phi) is 7.93. The summed E-state index contributed by atoms with van der Waals surface area (Å²) < 4.78 is 26.8. The Balaban J connectivity index is 2.14. The van der Waals surface area contributed by atoms with Crippen LogP contribution in [-0.4, -0.2) is 18.6 Å². The zero-order valence-corrected chi connectivity index (χ0v) is 21.1. The highest BCUT2D eigenvalue weighted by Gasteiger charge is 2.27. The standard InChI is InChI=1S/C26H31ClN2O3S/c1-16(2)13-24-22(14-28)25(19-7-5-17(3)6-8-19)23(18(4)29-24)15-33(31,32)21-11-9-20(10-12-21)26(27)30/h5-9,11-12,16,20H,10,13-15,28H2,1-4H3. The molecule has 7 heteroatoms. The van der Waals surface area contributed by atoms with Gasteiger partial charge in [-0.2, -0.15) is 0 Å².